The Kier molecular flexibility index (Phi) is 3.94. The van der Waals surface area contributed by atoms with E-state index in [1.165, 1.54) is 0 Å². The van der Waals surface area contributed by atoms with Crippen molar-refractivity contribution in [2.75, 3.05) is 0 Å². The molecule has 1 heterocycles. The number of carbonyl (C=O) groups is 1. The summed E-state index contributed by atoms with van der Waals surface area (Å²) >= 11 is 8.70. The highest BCUT2D eigenvalue weighted by Crippen LogP contribution is 2.66. The molecule has 1 saturated heterocycles. The van der Waals surface area contributed by atoms with Crippen LogP contribution in [0, 0.1) is 11.3 Å². The lowest BCUT2D eigenvalue weighted by molar-refractivity contribution is -0.134. The summed E-state index contributed by atoms with van der Waals surface area (Å²) in [7, 11) is 0. The molecule has 0 unspecified atom stereocenters. The Labute approximate surface area is 145 Å². The first-order valence-electron chi connectivity index (χ1n) is 7.77. The largest absolute Gasteiger partial charge is 0.465 e. The van der Waals surface area contributed by atoms with Crippen LogP contribution in [0.5, 0.6) is 0 Å². The van der Waals surface area contributed by atoms with Crippen molar-refractivity contribution in [1.29, 1.82) is 0 Å². The molecule has 2 bridgehead atoms. The van der Waals surface area contributed by atoms with Crippen molar-refractivity contribution >= 4 is 39.2 Å². The van der Waals surface area contributed by atoms with E-state index in [4.69, 9.17) is 17.0 Å². The molecule has 6 heteroatoms. The van der Waals surface area contributed by atoms with Crippen LogP contribution in [0.3, 0.4) is 0 Å². The first kappa shape index (κ1) is 16.4. The number of fused-ring (bicyclic) bond motifs is 1. The molecule has 0 aromatic heterocycles. The van der Waals surface area contributed by atoms with E-state index in [9.17, 15) is 9.90 Å². The average molecular weight is 388 g/mol. The highest BCUT2D eigenvalue weighted by Gasteiger charge is 2.73. The predicted molar refractivity (Wildman–Crippen MR) is 91.7 cm³/mol. The van der Waals surface area contributed by atoms with Gasteiger partial charge < -0.3 is 9.84 Å². The number of halogens is 1. The first-order valence-corrected chi connectivity index (χ1v) is 9.09. The quantitative estimate of drug-likeness (QED) is 0.459. The fourth-order valence-corrected chi connectivity index (χ4v) is 5.50. The number of hydrogen-bond acceptors (Lipinski definition) is 4. The van der Waals surface area contributed by atoms with Crippen LogP contribution in [-0.4, -0.2) is 43.7 Å². The molecule has 0 aromatic carbocycles. The number of hydrogen-bond donors (Lipinski definition) is 1. The van der Waals surface area contributed by atoms with Crippen LogP contribution in [0.1, 0.15) is 40.0 Å². The Bertz CT molecular complexity index is 550. The minimum Gasteiger partial charge on any atom is -0.465 e. The molecule has 2 saturated carbocycles. The number of aliphatic hydroxyl groups is 1. The standard InChI is InChI=1S/C16H22BrNO3S/c1-4-5-10(19)12(17)13(20)18-14(22)21-11-8-9-6-7-16(11,18)15(9,2)3/h4-5,9-12,19H,6-8H2,1-3H3/b5-4+/t9-,10+,11-,12-,16+/m1/s1. The fourth-order valence-electron chi connectivity index (χ4n) is 4.75. The van der Waals surface area contributed by atoms with Crippen molar-refractivity contribution in [1.82, 2.24) is 4.90 Å². The van der Waals surface area contributed by atoms with Gasteiger partial charge in [-0.3, -0.25) is 9.69 Å². The van der Waals surface area contributed by atoms with Gasteiger partial charge in [0.05, 0.1) is 11.6 Å². The molecule has 3 aliphatic rings. The maximum Gasteiger partial charge on any atom is 0.267 e. The van der Waals surface area contributed by atoms with E-state index >= 15 is 0 Å². The molecule has 0 radical (unpaired) electrons. The maximum atomic E-state index is 13.0. The summed E-state index contributed by atoms with van der Waals surface area (Å²) in [6.07, 6.45) is 5.43. The highest BCUT2D eigenvalue weighted by atomic mass is 79.9. The molecule has 0 aromatic rings. The first-order chi connectivity index (χ1) is 10.3. The van der Waals surface area contributed by atoms with Crippen LogP contribution in [0.4, 0.5) is 0 Å². The second-order valence-corrected chi connectivity index (χ2v) is 8.42. The molecule has 5 atom stereocenters. The van der Waals surface area contributed by atoms with Crippen LogP contribution in [0.2, 0.25) is 0 Å². The lowest BCUT2D eigenvalue weighted by atomic mass is 9.74. The van der Waals surface area contributed by atoms with Gasteiger partial charge in [0.2, 0.25) is 5.91 Å². The normalized spacial score (nSPS) is 38.2. The van der Waals surface area contributed by atoms with Crippen molar-refractivity contribution in [3.63, 3.8) is 0 Å². The summed E-state index contributed by atoms with van der Waals surface area (Å²) < 4.78 is 5.89. The lowest BCUT2D eigenvalue weighted by Crippen LogP contribution is -2.59. The van der Waals surface area contributed by atoms with E-state index in [2.05, 4.69) is 29.8 Å². The molecule has 3 rings (SSSR count). The van der Waals surface area contributed by atoms with Gasteiger partial charge in [-0.1, -0.05) is 41.9 Å². The average Bonchev–Trinajstić information content (AvgIpc) is 2.97. The Morgan fingerprint density at radius 1 is 1.59 bits per heavy atom. The van der Waals surface area contributed by atoms with Gasteiger partial charge in [0, 0.05) is 0 Å². The molecule has 22 heavy (non-hydrogen) atoms. The van der Waals surface area contributed by atoms with E-state index < -0.39 is 10.9 Å². The van der Waals surface area contributed by atoms with Gasteiger partial charge in [0.1, 0.15) is 10.9 Å². The second-order valence-electron chi connectivity index (χ2n) is 7.08. The van der Waals surface area contributed by atoms with E-state index in [-0.39, 0.29) is 28.1 Å². The van der Waals surface area contributed by atoms with Crippen LogP contribution in [0.15, 0.2) is 12.2 Å². The zero-order valence-electron chi connectivity index (χ0n) is 13.1. The van der Waals surface area contributed by atoms with Gasteiger partial charge >= 0.3 is 0 Å². The molecular weight excluding hydrogens is 366 g/mol. The monoisotopic (exact) mass is 387 g/mol. The molecule has 2 aliphatic carbocycles. The second kappa shape index (κ2) is 5.28. The number of carbonyl (C=O) groups excluding carboxylic acids is 1. The van der Waals surface area contributed by atoms with Gasteiger partial charge in [-0.2, -0.15) is 0 Å². The molecular formula is C16H22BrNO3S. The molecule has 1 spiro atoms. The highest BCUT2D eigenvalue weighted by molar-refractivity contribution is 9.10. The van der Waals surface area contributed by atoms with Gasteiger partial charge in [-0.25, -0.2) is 0 Å². The number of amides is 1. The Balaban J connectivity index is 1.96. The smallest absolute Gasteiger partial charge is 0.267 e. The maximum absolute atomic E-state index is 13.0. The lowest BCUT2D eigenvalue weighted by Gasteiger charge is -2.42. The van der Waals surface area contributed by atoms with Crippen LogP contribution in [-0.2, 0) is 9.53 Å². The molecule has 1 aliphatic heterocycles. The zero-order chi connectivity index (χ0) is 16.3. The summed E-state index contributed by atoms with van der Waals surface area (Å²) in [6.45, 7) is 6.25. The number of nitrogens with zero attached hydrogens (tertiary/aromatic N) is 1. The van der Waals surface area contributed by atoms with Crippen molar-refractivity contribution in [2.45, 2.75) is 62.6 Å². The SMILES string of the molecule is C/C=C/[C@H](O)[C@@H](Br)C(=O)N1C(=S)O[C@@H]2C[C@H]3CC[C@@]21C3(C)C. The minimum atomic E-state index is -0.877. The van der Waals surface area contributed by atoms with Crippen molar-refractivity contribution in [3.8, 4) is 0 Å². The van der Waals surface area contributed by atoms with Gasteiger partial charge in [0.25, 0.3) is 5.17 Å². The van der Waals surface area contributed by atoms with E-state index in [0.29, 0.717) is 5.92 Å². The predicted octanol–water partition coefficient (Wildman–Crippen LogP) is 2.78. The zero-order valence-corrected chi connectivity index (χ0v) is 15.5. The Morgan fingerprint density at radius 2 is 2.27 bits per heavy atom. The Morgan fingerprint density at radius 3 is 2.86 bits per heavy atom. The number of allylic oxidation sites excluding steroid dienone is 1. The molecule has 3 fully saturated rings. The summed E-state index contributed by atoms with van der Waals surface area (Å²) in [5.74, 6) is 0.360. The molecule has 122 valence electrons. The topological polar surface area (TPSA) is 49.8 Å². The van der Waals surface area contributed by atoms with Crippen LogP contribution >= 0.6 is 28.1 Å². The summed E-state index contributed by atoms with van der Waals surface area (Å²) in [5.41, 5.74) is -0.375. The van der Waals surface area contributed by atoms with E-state index in [1.807, 2.05) is 6.92 Å². The third-order valence-corrected chi connectivity index (χ3v) is 7.22. The van der Waals surface area contributed by atoms with Crippen molar-refractivity contribution < 1.29 is 14.6 Å². The molecule has 1 N–H and O–H groups in total. The van der Waals surface area contributed by atoms with Gasteiger partial charge in [0.15, 0.2) is 0 Å². The van der Waals surface area contributed by atoms with E-state index in [0.717, 1.165) is 19.3 Å². The summed E-state index contributed by atoms with van der Waals surface area (Å²) in [4.78, 5) is 14.0. The van der Waals surface area contributed by atoms with E-state index in [1.54, 1.807) is 17.1 Å². The number of thiocarbonyl (C=S) groups is 1. The third-order valence-electron chi connectivity index (χ3n) is 6.01. The minimum absolute atomic E-state index is 0.00346. The third kappa shape index (κ3) is 1.89. The van der Waals surface area contributed by atoms with Crippen molar-refractivity contribution in [2.24, 2.45) is 11.3 Å². The summed E-state index contributed by atoms with van der Waals surface area (Å²) in [6, 6.07) is 0. The Hall–Kier alpha value is -0.460. The number of alkyl halides is 1. The summed E-state index contributed by atoms with van der Waals surface area (Å²) in [5, 5.41) is 10.4. The molecule has 1 amide bonds. The number of aliphatic hydroxyl groups excluding tert-OH is 1. The van der Waals surface area contributed by atoms with Crippen LogP contribution < -0.4 is 0 Å². The van der Waals surface area contributed by atoms with Crippen LogP contribution in [0.25, 0.3) is 0 Å². The fraction of sp³-hybridized carbons (Fsp3) is 0.750. The van der Waals surface area contributed by atoms with Gasteiger partial charge in [-0.05, 0) is 49.7 Å². The number of rotatable bonds is 3. The number of ether oxygens (including phenoxy) is 1. The van der Waals surface area contributed by atoms with Crippen molar-refractivity contribution in [3.05, 3.63) is 12.2 Å². The van der Waals surface area contributed by atoms with Gasteiger partial charge in [-0.15, -0.1) is 0 Å². The molecule has 4 nitrogen and oxygen atoms in total.